The topological polar surface area (TPSA) is 17.8 Å². The van der Waals surface area contributed by atoms with Gasteiger partial charge in [0, 0.05) is 17.8 Å². The van der Waals surface area contributed by atoms with Crippen LogP contribution in [0.4, 0.5) is 0 Å². The van der Waals surface area contributed by atoms with E-state index in [0.29, 0.717) is 5.92 Å². The SMILES string of the molecule is Cc1c(Cl)cnn1CC(CBr)c1ccccc1. The Bertz CT molecular complexity index is 481. The molecule has 90 valence electrons. The number of aromatic nitrogens is 2. The second kappa shape index (κ2) is 5.69. The zero-order valence-electron chi connectivity index (χ0n) is 9.61. The minimum absolute atomic E-state index is 0.408. The first-order valence-corrected chi connectivity index (χ1v) is 7.01. The van der Waals surface area contributed by atoms with Crippen LogP contribution in [0.25, 0.3) is 0 Å². The molecular weight excluding hydrogens is 300 g/mol. The fourth-order valence-electron chi connectivity index (χ4n) is 1.79. The van der Waals surface area contributed by atoms with E-state index in [9.17, 15) is 0 Å². The summed E-state index contributed by atoms with van der Waals surface area (Å²) in [5.74, 6) is 0.408. The van der Waals surface area contributed by atoms with Gasteiger partial charge in [-0.2, -0.15) is 5.10 Å². The second-order valence-electron chi connectivity index (χ2n) is 4.02. The number of alkyl halides is 1. The summed E-state index contributed by atoms with van der Waals surface area (Å²) >= 11 is 9.57. The van der Waals surface area contributed by atoms with Gasteiger partial charge in [-0.3, -0.25) is 4.68 Å². The van der Waals surface area contributed by atoms with Gasteiger partial charge in [-0.25, -0.2) is 0 Å². The molecule has 1 unspecified atom stereocenters. The predicted molar refractivity (Wildman–Crippen MR) is 75.0 cm³/mol. The highest BCUT2D eigenvalue weighted by Gasteiger charge is 2.13. The molecule has 0 radical (unpaired) electrons. The number of hydrogen-bond acceptors (Lipinski definition) is 1. The lowest BCUT2D eigenvalue weighted by molar-refractivity contribution is 0.538. The van der Waals surface area contributed by atoms with Crippen molar-refractivity contribution in [2.45, 2.75) is 19.4 Å². The molecule has 0 saturated heterocycles. The highest BCUT2D eigenvalue weighted by molar-refractivity contribution is 9.09. The van der Waals surface area contributed by atoms with Gasteiger partial charge in [-0.1, -0.05) is 57.9 Å². The molecule has 0 amide bonds. The minimum atomic E-state index is 0.408. The molecule has 0 aliphatic rings. The number of nitrogens with zero attached hydrogens (tertiary/aromatic N) is 2. The molecule has 2 rings (SSSR count). The van der Waals surface area contributed by atoms with Crippen LogP contribution in [0.15, 0.2) is 36.5 Å². The average molecular weight is 314 g/mol. The van der Waals surface area contributed by atoms with Gasteiger partial charge in [0.2, 0.25) is 0 Å². The van der Waals surface area contributed by atoms with Gasteiger partial charge < -0.3 is 0 Å². The fourth-order valence-corrected chi connectivity index (χ4v) is 2.50. The zero-order valence-corrected chi connectivity index (χ0v) is 11.9. The maximum absolute atomic E-state index is 6.01. The van der Waals surface area contributed by atoms with E-state index in [4.69, 9.17) is 11.6 Å². The Morgan fingerprint density at radius 3 is 2.59 bits per heavy atom. The predicted octanol–water partition coefficient (Wildman–Crippen LogP) is 4.02. The summed E-state index contributed by atoms with van der Waals surface area (Å²) in [4.78, 5) is 0. The van der Waals surface area contributed by atoms with E-state index < -0.39 is 0 Å². The molecule has 0 aliphatic heterocycles. The van der Waals surface area contributed by atoms with E-state index in [2.05, 4.69) is 45.3 Å². The van der Waals surface area contributed by atoms with E-state index in [1.165, 1.54) is 5.56 Å². The molecular formula is C13H14BrClN2. The summed E-state index contributed by atoms with van der Waals surface area (Å²) in [6.45, 7) is 2.83. The van der Waals surface area contributed by atoms with Crippen LogP contribution in [0.1, 0.15) is 17.2 Å². The van der Waals surface area contributed by atoms with Crippen molar-refractivity contribution in [2.75, 3.05) is 5.33 Å². The molecule has 1 aromatic carbocycles. The van der Waals surface area contributed by atoms with Crippen LogP contribution < -0.4 is 0 Å². The summed E-state index contributed by atoms with van der Waals surface area (Å²) in [5.41, 5.74) is 2.34. The van der Waals surface area contributed by atoms with Gasteiger partial charge in [0.25, 0.3) is 0 Å². The summed E-state index contributed by atoms with van der Waals surface area (Å²) in [7, 11) is 0. The molecule has 2 nitrogen and oxygen atoms in total. The molecule has 1 atom stereocenters. The number of halogens is 2. The molecule has 17 heavy (non-hydrogen) atoms. The maximum Gasteiger partial charge on any atom is 0.0814 e. The zero-order chi connectivity index (χ0) is 12.3. The van der Waals surface area contributed by atoms with Crippen molar-refractivity contribution >= 4 is 27.5 Å². The van der Waals surface area contributed by atoms with E-state index >= 15 is 0 Å². The Morgan fingerprint density at radius 2 is 2.06 bits per heavy atom. The van der Waals surface area contributed by atoms with Crippen LogP contribution in [-0.4, -0.2) is 15.1 Å². The maximum atomic E-state index is 6.01. The van der Waals surface area contributed by atoms with Crippen molar-refractivity contribution < 1.29 is 0 Å². The number of benzene rings is 1. The highest BCUT2D eigenvalue weighted by Crippen LogP contribution is 2.22. The summed E-state index contributed by atoms with van der Waals surface area (Å²) in [5, 5.41) is 5.93. The third-order valence-corrected chi connectivity index (χ3v) is 4.05. The summed E-state index contributed by atoms with van der Waals surface area (Å²) < 4.78 is 1.96. The lowest BCUT2D eigenvalue weighted by Gasteiger charge is -2.15. The van der Waals surface area contributed by atoms with E-state index in [-0.39, 0.29) is 0 Å². The van der Waals surface area contributed by atoms with Gasteiger partial charge >= 0.3 is 0 Å². The molecule has 0 spiro atoms. The second-order valence-corrected chi connectivity index (χ2v) is 5.08. The van der Waals surface area contributed by atoms with Crippen LogP contribution in [0.2, 0.25) is 5.02 Å². The first-order valence-electron chi connectivity index (χ1n) is 5.51. The normalized spacial score (nSPS) is 12.6. The summed E-state index contributed by atoms with van der Waals surface area (Å²) in [6.07, 6.45) is 1.70. The van der Waals surface area contributed by atoms with E-state index in [1.54, 1.807) is 6.20 Å². The Kier molecular flexibility index (Phi) is 4.24. The lowest BCUT2D eigenvalue weighted by Crippen LogP contribution is -2.12. The molecule has 1 aromatic heterocycles. The molecule has 1 heterocycles. The van der Waals surface area contributed by atoms with Gasteiger partial charge in [0.15, 0.2) is 0 Å². The largest absolute Gasteiger partial charge is 0.268 e. The van der Waals surface area contributed by atoms with Crippen molar-refractivity contribution in [3.63, 3.8) is 0 Å². The van der Waals surface area contributed by atoms with E-state index in [0.717, 1.165) is 22.6 Å². The Hall–Kier alpha value is -0.800. The minimum Gasteiger partial charge on any atom is -0.268 e. The lowest BCUT2D eigenvalue weighted by atomic mass is 10.0. The monoisotopic (exact) mass is 312 g/mol. The van der Waals surface area contributed by atoms with Gasteiger partial charge in [-0.05, 0) is 12.5 Å². The van der Waals surface area contributed by atoms with Crippen molar-refractivity contribution in [1.82, 2.24) is 9.78 Å². The quantitative estimate of drug-likeness (QED) is 0.779. The standard InChI is InChI=1S/C13H14BrClN2/c1-10-13(15)8-16-17(10)9-12(7-14)11-5-3-2-4-6-11/h2-6,8,12H,7,9H2,1H3. The van der Waals surface area contributed by atoms with Gasteiger partial charge in [0.1, 0.15) is 0 Å². The molecule has 0 N–H and O–H groups in total. The van der Waals surface area contributed by atoms with Gasteiger partial charge in [0.05, 0.1) is 16.9 Å². The molecule has 2 aromatic rings. The fraction of sp³-hybridized carbons (Fsp3) is 0.308. The first kappa shape index (κ1) is 12.7. The van der Waals surface area contributed by atoms with E-state index in [1.807, 2.05) is 17.7 Å². The van der Waals surface area contributed by atoms with Crippen molar-refractivity contribution in [1.29, 1.82) is 0 Å². The van der Waals surface area contributed by atoms with Crippen LogP contribution in [0.5, 0.6) is 0 Å². The molecule has 0 saturated carbocycles. The van der Waals surface area contributed by atoms with Crippen molar-refractivity contribution in [3.05, 3.63) is 52.8 Å². The van der Waals surface area contributed by atoms with Crippen LogP contribution in [0, 0.1) is 6.92 Å². The number of rotatable bonds is 4. The third-order valence-electron chi connectivity index (χ3n) is 2.89. The van der Waals surface area contributed by atoms with Crippen molar-refractivity contribution in [2.24, 2.45) is 0 Å². The molecule has 4 heteroatoms. The molecule has 0 bridgehead atoms. The van der Waals surface area contributed by atoms with Crippen molar-refractivity contribution in [3.8, 4) is 0 Å². The molecule has 0 aliphatic carbocycles. The Labute approximate surface area is 115 Å². The first-order chi connectivity index (χ1) is 8.22. The average Bonchev–Trinajstić information content (AvgIpc) is 2.68. The highest BCUT2D eigenvalue weighted by atomic mass is 79.9. The van der Waals surface area contributed by atoms with Crippen LogP contribution in [-0.2, 0) is 6.54 Å². The van der Waals surface area contributed by atoms with Crippen LogP contribution >= 0.6 is 27.5 Å². The third kappa shape index (κ3) is 2.90. The smallest absolute Gasteiger partial charge is 0.0814 e. The summed E-state index contributed by atoms with van der Waals surface area (Å²) in [6, 6.07) is 10.4. The molecule has 0 fully saturated rings. The Morgan fingerprint density at radius 1 is 1.35 bits per heavy atom. The van der Waals surface area contributed by atoms with Crippen LogP contribution in [0.3, 0.4) is 0 Å². The Balaban J connectivity index is 2.19. The number of hydrogen-bond donors (Lipinski definition) is 0. The van der Waals surface area contributed by atoms with Gasteiger partial charge in [-0.15, -0.1) is 0 Å².